The maximum absolute atomic E-state index is 12.3. The van der Waals surface area contributed by atoms with Gasteiger partial charge in [-0.25, -0.2) is 4.79 Å². The monoisotopic (exact) mass is 436 g/mol. The van der Waals surface area contributed by atoms with Crippen molar-refractivity contribution in [3.05, 3.63) is 80.4 Å². The second-order valence-corrected chi connectivity index (χ2v) is 7.72. The summed E-state index contributed by atoms with van der Waals surface area (Å²) in [6.07, 6.45) is 0. The van der Waals surface area contributed by atoms with Crippen molar-refractivity contribution in [1.29, 1.82) is 0 Å². The van der Waals surface area contributed by atoms with Gasteiger partial charge >= 0.3 is 5.69 Å². The van der Waals surface area contributed by atoms with Crippen LogP contribution < -0.4 is 10.4 Å². The fraction of sp³-hybridized carbons (Fsp3) is 0.227. The molecule has 0 fully saturated rings. The maximum Gasteiger partial charge on any atom is 0.368 e. The molecule has 0 saturated carbocycles. The molecule has 0 N–H and O–H groups in total. The lowest BCUT2D eigenvalue weighted by atomic mass is 10.0. The number of halogens is 1. The fourth-order valence-electron chi connectivity index (χ4n) is 3.27. The van der Waals surface area contributed by atoms with Crippen molar-refractivity contribution in [1.82, 2.24) is 30.0 Å². The summed E-state index contributed by atoms with van der Waals surface area (Å²) in [4.78, 5) is 12.3. The summed E-state index contributed by atoms with van der Waals surface area (Å²) in [5.41, 5.74) is 5.55. The van der Waals surface area contributed by atoms with E-state index in [-0.39, 0.29) is 12.3 Å². The van der Waals surface area contributed by atoms with Crippen LogP contribution in [-0.2, 0) is 13.7 Å². The van der Waals surface area contributed by atoms with Crippen molar-refractivity contribution >= 4 is 11.6 Å². The molecule has 0 unspecified atom stereocenters. The molecule has 4 aromatic rings. The van der Waals surface area contributed by atoms with Gasteiger partial charge in [-0.3, -0.25) is 0 Å². The van der Waals surface area contributed by atoms with Crippen molar-refractivity contribution in [2.45, 2.75) is 27.4 Å². The molecule has 0 radical (unpaired) electrons. The molecule has 2 aromatic heterocycles. The molecule has 0 bridgehead atoms. The molecule has 0 spiro atoms. The van der Waals surface area contributed by atoms with Crippen LogP contribution in [0.1, 0.15) is 22.4 Å². The SMILES string of the molecule is Cc1ccc(-c2cc(Cl)c(OCc3c(C)cccc3-n3nnn(C)c3=O)cc2C)nn1. The molecule has 0 aliphatic rings. The molecule has 158 valence electrons. The molecule has 4 rings (SSSR count). The Bertz CT molecular complexity index is 1310. The van der Waals surface area contributed by atoms with Crippen LogP contribution in [0.3, 0.4) is 0 Å². The number of benzene rings is 2. The first kappa shape index (κ1) is 20.7. The van der Waals surface area contributed by atoms with E-state index in [0.29, 0.717) is 16.5 Å². The zero-order valence-corrected chi connectivity index (χ0v) is 18.4. The summed E-state index contributed by atoms with van der Waals surface area (Å²) in [7, 11) is 1.56. The Hall–Kier alpha value is -3.52. The van der Waals surface area contributed by atoms with Crippen LogP contribution in [0, 0.1) is 20.8 Å². The van der Waals surface area contributed by atoms with Gasteiger partial charge in [-0.2, -0.15) is 19.6 Å². The van der Waals surface area contributed by atoms with Gasteiger partial charge in [0.25, 0.3) is 0 Å². The molecule has 9 heteroatoms. The molecule has 0 saturated heterocycles. The molecule has 0 atom stereocenters. The lowest BCUT2D eigenvalue weighted by Crippen LogP contribution is -2.23. The molecule has 0 aliphatic heterocycles. The van der Waals surface area contributed by atoms with E-state index in [1.807, 2.05) is 63.2 Å². The van der Waals surface area contributed by atoms with Gasteiger partial charge in [-0.1, -0.05) is 23.7 Å². The Morgan fingerprint density at radius 1 is 1.00 bits per heavy atom. The zero-order valence-electron chi connectivity index (χ0n) is 17.6. The summed E-state index contributed by atoms with van der Waals surface area (Å²) in [6.45, 7) is 6.03. The molecule has 0 amide bonds. The van der Waals surface area contributed by atoms with Gasteiger partial charge in [0.15, 0.2) is 0 Å². The van der Waals surface area contributed by atoms with Crippen LogP contribution in [0.5, 0.6) is 5.75 Å². The number of tetrazole rings is 1. The van der Waals surface area contributed by atoms with Crippen molar-refractivity contribution in [3.63, 3.8) is 0 Å². The average Bonchev–Trinajstić information content (AvgIpc) is 3.08. The van der Waals surface area contributed by atoms with Crippen LogP contribution in [0.4, 0.5) is 0 Å². The highest BCUT2D eigenvalue weighted by Crippen LogP contribution is 2.33. The number of ether oxygens (including phenoxy) is 1. The molecule has 31 heavy (non-hydrogen) atoms. The Morgan fingerprint density at radius 3 is 2.48 bits per heavy atom. The Balaban J connectivity index is 1.65. The topological polar surface area (TPSA) is 87.7 Å². The Morgan fingerprint density at radius 2 is 1.81 bits per heavy atom. The van der Waals surface area contributed by atoms with E-state index in [4.69, 9.17) is 16.3 Å². The van der Waals surface area contributed by atoms with E-state index in [1.54, 1.807) is 7.05 Å². The minimum absolute atomic E-state index is 0.216. The summed E-state index contributed by atoms with van der Waals surface area (Å²) in [6, 6.07) is 13.2. The van der Waals surface area contributed by atoms with E-state index in [0.717, 1.165) is 33.6 Å². The van der Waals surface area contributed by atoms with Gasteiger partial charge in [0.2, 0.25) is 0 Å². The lowest BCUT2D eigenvalue weighted by Gasteiger charge is -2.15. The average molecular weight is 437 g/mol. The Labute approximate surface area is 184 Å². The van der Waals surface area contributed by atoms with Crippen molar-refractivity contribution < 1.29 is 4.74 Å². The van der Waals surface area contributed by atoms with Gasteiger partial charge in [-0.15, -0.1) is 0 Å². The zero-order chi connectivity index (χ0) is 22.1. The van der Waals surface area contributed by atoms with E-state index < -0.39 is 0 Å². The van der Waals surface area contributed by atoms with E-state index >= 15 is 0 Å². The minimum Gasteiger partial charge on any atom is -0.487 e. The largest absolute Gasteiger partial charge is 0.487 e. The fourth-order valence-corrected chi connectivity index (χ4v) is 3.49. The van der Waals surface area contributed by atoms with Gasteiger partial charge in [0.1, 0.15) is 12.4 Å². The van der Waals surface area contributed by atoms with E-state index in [2.05, 4.69) is 20.6 Å². The van der Waals surface area contributed by atoms with Crippen molar-refractivity contribution in [2.24, 2.45) is 7.05 Å². The van der Waals surface area contributed by atoms with Crippen molar-refractivity contribution in [3.8, 4) is 22.7 Å². The standard InChI is InChI=1S/C22H21ClN6O2/c1-13-6-5-7-20(29-22(30)28(4)26-27-29)17(13)12-31-21-10-14(2)16(11-18(21)23)19-9-8-15(3)24-25-19/h5-11H,12H2,1-4H3. The first-order chi connectivity index (χ1) is 14.8. The molecule has 2 aromatic carbocycles. The predicted octanol–water partition coefficient (Wildman–Crippen LogP) is 3.58. The van der Waals surface area contributed by atoms with E-state index in [1.165, 1.54) is 9.36 Å². The second kappa shape index (κ2) is 8.31. The van der Waals surface area contributed by atoms with Gasteiger partial charge in [0, 0.05) is 18.2 Å². The number of rotatable bonds is 5. The first-order valence-corrected chi connectivity index (χ1v) is 10.0. The second-order valence-electron chi connectivity index (χ2n) is 7.32. The summed E-state index contributed by atoms with van der Waals surface area (Å²) in [5, 5.41) is 16.6. The highest BCUT2D eigenvalue weighted by Gasteiger charge is 2.15. The molecular weight excluding hydrogens is 416 g/mol. The third-order valence-electron chi connectivity index (χ3n) is 5.06. The number of hydrogen-bond acceptors (Lipinski definition) is 6. The quantitative estimate of drug-likeness (QED) is 0.475. The van der Waals surface area contributed by atoms with Crippen LogP contribution in [0.2, 0.25) is 5.02 Å². The number of nitrogens with zero attached hydrogens (tertiary/aromatic N) is 6. The van der Waals surface area contributed by atoms with Gasteiger partial charge in [0.05, 0.1) is 22.1 Å². The molecule has 0 aliphatic carbocycles. The molecule has 8 nitrogen and oxygen atoms in total. The number of hydrogen-bond donors (Lipinski definition) is 0. The highest BCUT2D eigenvalue weighted by atomic mass is 35.5. The smallest absolute Gasteiger partial charge is 0.368 e. The van der Waals surface area contributed by atoms with Gasteiger partial charge < -0.3 is 4.74 Å². The first-order valence-electron chi connectivity index (χ1n) is 9.66. The van der Waals surface area contributed by atoms with Crippen LogP contribution >= 0.6 is 11.6 Å². The van der Waals surface area contributed by atoms with Gasteiger partial charge in [-0.05, 0) is 72.7 Å². The summed E-state index contributed by atoms with van der Waals surface area (Å²) >= 11 is 6.52. The Kier molecular flexibility index (Phi) is 5.56. The van der Waals surface area contributed by atoms with Crippen LogP contribution in [-0.4, -0.2) is 30.0 Å². The number of aromatic nitrogens is 6. The predicted molar refractivity (Wildman–Crippen MR) is 118 cm³/mol. The maximum atomic E-state index is 12.3. The number of aryl methyl sites for hydroxylation is 4. The third-order valence-corrected chi connectivity index (χ3v) is 5.36. The third kappa shape index (κ3) is 4.06. The molecule has 2 heterocycles. The van der Waals surface area contributed by atoms with Crippen molar-refractivity contribution in [2.75, 3.05) is 0 Å². The molecular formula is C22H21ClN6O2. The summed E-state index contributed by atoms with van der Waals surface area (Å²) < 4.78 is 8.51. The van der Waals surface area contributed by atoms with Crippen LogP contribution in [0.15, 0.2) is 47.3 Å². The minimum atomic E-state index is -0.329. The normalized spacial score (nSPS) is 11.0. The summed E-state index contributed by atoms with van der Waals surface area (Å²) in [5.74, 6) is 0.545. The lowest BCUT2D eigenvalue weighted by molar-refractivity contribution is 0.305. The van der Waals surface area contributed by atoms with Crippen LogP contribution in [0.25, 0.3) is 16.9 Å². The van der Waals surface area contributed by atoms with E-state index in [9.17, 15) is 4.79 Å². The highest BCUT2D eigenvalue weighted by molar-refractivity contribution is 6.32.